The van der Waals surface area contributed by atoms with Crippen LogP contribution in [0.3, 0.4) is 0 Å². The number of aromatic nitrogens is 1. The summed E-state index contributed by atoms with van der Waals surface area (Å²) in [6.07, 6.45) is 2.10. The van der Waals surface area contributed by atoms with Crippen LogP contribution in [-0.4, -0.2) is 28.7 Å². The molecule has 0 saturated carbocycles. The molecule has 1 atom stereocenters. The van der Waals surface area contributed by atoms with Crippen LogP contribution in [0.25, 0.3) is 10.9 Å². The number of nitrogens with one attached hydrogen (secondary N) is 3. The number of fused-ring (bicyclic) bond motifs is 1. The van der Waals surface area contributed by atoms with Crippen LogP contribution in [0.1, 0.15) is 22.8 Å². The predicted octanol–water partition coefficient (Wildman–Crippen LogP) is 1.95. The number of rotatable bonds is 6. The van der Waals surface area contributed by atoms with E-state index in [1.807, 2.05) is 30.5 Å². The van der Waals surface area contributed by atoms with E-state index < -0.39 is 17.9 Å². The first-order valence-corrected chi connectivity index (χ1v) is 8.47. The first kappa shape index (κ1) is 18.2. The largest absolute Gasteiger partial charge is 0.368 e. The molecule has 0 radical (unpaired) electrons. The highest BCUT2D eigenvalue weighted by molar-refractivity contribution is 5.98. The number of hydrogen-bond donors (Lipinski definition) is 4. The second-order valence-corrected chi connectivity index (χ2v) is 6.25. The second kappa shape index (κ2) is 7.74. The lowest BCUT2D eigenvalue weighted by Gasteiger charge is -2.15. The Morgan fingerprint density at radius 2 is 1.78 bits per heavy atom. The number of nitrogens with two attached hydrogens (primary N) is 1. The highest BCUT2D eigenvalue weighted by Gasteiger charge is 2.21. The van der Waals surface area contributed by atoms with E-state index in [0.717, 1.165) is 16.5 Å². The Morgan fingerprint density at radius 1 is 1.07 bits per heavy atom. The SMILES string of the molecule is CC(=O)Nc1ccc(C(=O)N[C@H](Cc2c[nH]c3ccccc23)C(N)=O)cc1. The molecule has 1 heterocycles. The minimum Gasteiger partial charge on any atom is -0.368 e. The molecule has 0 bridgehead atoms. The van der Waals surface area contributed by atoms with Gasteiger partial charge in [0.1, 0.15) is 6.04 Å². The van der Waals surface area contributed by atoms with Gasteiger partial charge in [-0.3, -0.25) is 14.4 Å². The number of amides is 3. The molecule has 138 valence electrons. The van der Waals surface area contributed by atoms with Gasteiger partial charge in [0.2, 0.25) is 11.8 Å². The van der Waals surface area contributed by atoms with Crippen molar-refractivity contribution < 1.29 is 14.4 Å². The molecule has 0 unspecified atom stereocenters. The third-order valence-corrected chi connectivity index (χ3v) is 4.22. The number of H-pyrrole nitrogens is 1. The highest BCUT2D eigenvalue weighted by atomic mass is 16.2. The minimum atomic E-state index is -0.841. The third-order valence-electron chi connectivity index (χ3n) is 4.22. The fourth-order valence-corrected chi connectivity index (χ4v) is 2.89. The summed E-state index contributed by atoms with van der Waals surface area (Å²) in [6, 6.07) is 13.3. The van der Waals surface area contributed by atoms with E-state index in [0.29, 0.717) is 11.3 Å². The van der Waals surface area contributed by atoms with Gasteiger partial charge < -0.3 is 21.4 Å². The Bertz CT molecular complexity index is 992. The number of primary amides is 1. The molecular weight excluding hydrogens is 344 g/mol. The Balaban J connectivity index is 1.73. The highest BCUT2D eigenvalue weighted by Crippen LogP contribution is 2.19. The van der Waals surface area contributed by atoms with Gasteiger partial charge in [0.05, 0.1) is 0 Å². The van der Waals surface area contributed by atoms with Gasteiger partial charge in [-0.25, -0.2) is 0 Å². The first-order chi connectivity index (χ1) is 12.9. The van der Waals surface area contributed by atoms with Crippen LogP contribution in [-0.2, 0) is 16.0 Å². The molecule has 0 aliphatic rings. The molecule has 2 aromatic carbocycles. The van der Waals surface area contributed by atoms with E-state index in [9.17, 15) is 14.4 Å². The molecule has 0 saturated heterocycles. The number of hydrogen-bond acceptors (Lipinski definition) is 3. The molecule has 7 heteroatoms. The Morgan fingerprint density at radius 3 is 2.44 bits per heavy atom. The van der Waals surface area contributed by atoms with Gasteiger partial charge in [0, 0.05) is 41.7 Å². The van der Waals surface area contributed by atoms with Crippen LogP contribution < -0.4 is 16.4 Å². The van der Waals surface area contributed by atoms with E-state index in [4.69, 9.17) is 5.73 Å². The molecule has 3 rings (SSSR count). The van der Waals surface area contributed by atoms with E-state index >= 15 is 0 Å². The number of carbonyl (C=O) groups is 3. The maximum absolute atomic E-state index is 12.5. The minimum absolute atomic E-state index is 0.195. The van der Waals surface area contributed by atoms with Gasteiger partial charge in [-0.05, 0) is 35.9 Å². The summed E-state index contributed by atoms with van der Waals surface area (Å²) in [7, 11) is 0. The number of anilines is 1. The summed E-state index contributed by atoms with van der Waals surface area (Å²) in [5, 5.41) is 6.29. The summed E-state index contributed by atoms with van der Waals surface area (Å²) in [6.45, 7) is 1.41. The van der Waals surface area contributed by atoms with Crippen molar-refractivity contribution in [2.75, 3.05) is 5.32 Å². The van der Waals surface area contributed by atoms with Gasteiger partial charge in [-0.2, -0.15) is 0 Å². The summed E-state index contributed by atoms with van der Waals surface area (Å²) in [5.74, 6) is -1.21. The molecule has 27 heavy (non-hydrogen) atoms. The van der Waals surface area contributed by atoms with Crippen molar-refractivity contribution in [3.63, 3.8) is 0 Å². The summed E-state index contributed by atoms with van der Waals surface area (Å²) in [4.78, 5) is 38.5. The standard InChI is InChI=1S/C20H20N4O3/c1-12(25)23-15-8-6-13(7-9-15)20(27)24-18(19(21)26)10-14-11-22-17-5-3-2-4-16(14)17/h2-9,11,18,22H,10H2,1H3,(H2,21,26)(H,23,25)(H,24,27)/t18-/m1/s1. The Labute approximate surface area is 155 Å². The van der Waals surface area contributed by atoms with Crippen LogP contribution in [0.15, 0.2) is 54.7 Å². The molecular formula is C20H20N4O3. The quantitative estimate of drug-likeness (QED) is 0.535. The van der Waals surface area contributed by atoms with E-state index in [1.54, 1.807) is 24.3 Å². The molecule has 5 N–H and O–H groups in total. The van der Waals surface area contributed by atoms with Crippen LogP contribution in [0.2, 0.25) is 0 Å². The predicted molar refractivity (Wildman–Crippen MR) is 103 cm³/mol. The molecule has 0 fully saturated rings. The lowest BCUT2D eigenvalue weighted by molar-refractivity contribution is -0.119. The molecule has 1 aromatic heterocycles. The zero-order chi connectivity index (χ0) is 19.4. The third kappa shape index (κ3) is 4.33. The maximum Gasteiger partial charge on any atom is 0.251 e. The van der Waals surface area contributed by atoms with Gasteiger partial charge in [0.15, 0.2) is 0 Å². The smallest absolute Gasteiger partial charge is 0.251 e. The molecule has 0 spiro atoms. The summed E-state index contributed by atoms with van der Waals surface area (Å²) in [5.41, 5.74) is 8.30. The summed E-state index contributed by atoms with van der Waals surface area (Å²) >= 11 is 0. The monoisotopic (exact) mass is 364 g/mol. The van der Waals surface area contributed by atoms with Crippen molar-refractivity contribution in [2.24, 2.45) is 5.73 Å². The normalized spacial score (nSPS) is 11.7. The van der Waals surface area contributed by atoms with Crippen molar-refractivity contribution in [2.45, 2.75) is 19.4 Å². The molecule has 3 amide bonds. The number of aromatic amines is 1. The lowest BCUT2D eigenvalue weighted by Crippen LogP contribution is -2.45. The molecule has 3 aromatic rings. The fraction of sp³-hybridized carbons (Fsp3) is 0.150. The van der Waals surface area contributed by atoms with Crippen LogP contribution in [0.5, 0.6) is 0 Å². The number of benzene rings is 2. The summed E-state index contributed by atoms with van der Waals surface area (Å²) < 4.78 is 0. The van der Waals surface area contributed by atoms with Crippen molar-refractivity contribution in [1.29, 1.82) is 0 Å². The van der Waals surface area contributed by atoms with Crippen molar-refractivity contribution in [3.8, 4) is 0 Å². The molecule has 0 aliphatic heterocycles. The Hall–Kier alpha value is -3.61. The average molecular weight is 364 g/mol. The fourth-order valence-electron chi connectivity index (χ4n) is 2.89. The van der Waals surface area contributed by atoms with E-state index in [2.05, 4.69) is 15.6 Å². The van der Waals surface area contributed by atoms with Crippen molar-refractivity contribution in [1.82, 2.24) is 10.3 Å². The van der Waals surface area contributed by atoms with Gasteiger partial charge >= 0.3 is 0 Å². The van der Waals surface area contributed by atoms with Crippen molar-refractivity contribution >= 4 is 34.3 Å². The van der Waals surface area contributed by atoms with Gasteiger partial charge in [-0.15, -0.1) is 0 Å². The lowest BCUT2D eigenvalue weighted by atomic mass is 10.0. The first-order valence-electron chi connectivity index (χ1n) is 8.47. The average Bonchev–Trinajstić information content (AvgIpc) is 3.04. The van der Waals surface area contributed by atoms with Crippen LogP contribution in [0.4, 0.5) is 5.69 Å². The Kier molecular flexibility index (Phi) is 5.21. The number of carbonyl (C=O) groups excluding carboxylic acids is 3. The van der Waals surface area contributed by atoms with Crippen molar-refractivity contribution in [3.05, 3.63) is 65.9 Å². The van der Waals surface area contributed by atoms with Gasteiger partial charge in [-0.1, -0.05) is 18.2 Å². The van der Waals surface area contributed by atoms with Gasteiger partial charge in [0.25, 0.3) is 5.91 Å². The van der Waals surface area contributed by atoms with Crippen LogP contribution in [0, 0.1) is 0 Å². The maximum atomic E-state index is 12.5. The zero-order valence-electron chi connectivity index (χ0n) is 14.8. The molecule has 0 aliphatic carbocycles. The number of para-hydroxylation sites is 1. The molecule has 7 nitrogen and oxygen atoms in total. The van der Waals surface area contributed by atoms with E-state index in [1.165, 1.54) is 6.92 Å². The zero-order valence-corrected chi connectivity index (χ0v) is 14.8. The van der Waals surface area contributed by atoms with E-state index in [-0.39, 0.29) is 12.3 Å². The second-order valence-electron chi connectivity index (χ2n) is 6.25. The van der Waals surface area contributed by atoms with Crippen LogP contribution >= 0.6 is 0 Å². The topological polar surface area (TPSA) is 117 Å².